The number of nitrogens with zero attached hydrogens (tertiary/aromatic N) is 4. The van der Waals surface area contributed by atoms with E-state index in [1.54, 1.807) is 24.3 Å². The molecule has 0 aliphatic heterocycles. The van der Waals surface area contributed by atoms with Gasteiger partial charge < -0.3 is 14.8 Å². The maximum atomic E-state index is 14.2. The molecular weight excluding hydrogens is 477 g/mol. The molecule has 2 aromatic carbocycles. The molecule has 0 aliphatic rings. The molecule has 35 heavy (non-hydrogen) atoms. The Morgan fingerprint density at radius 2 is 1.97 bits per heavy atom. The Hall–Kier alpha value is -3.88. The number of aliphatic carboxylic acids is 1. The lowest BCUT2D eigenvalue weighted by atomic mass is 9.97. The van der Waals surface area contributed by atoms with Crippen LogP contribution in [0, 0.1) is 5.82 Å². The first-order valence-corrected chi connectivity index (χ1v) is 11.1. The Balaban J connectivity index is 1.82. The molecule has 0 saturated carbocycles. The summed E-state index contributed by atoms with van der Waals surface area (Å²) in [5.74, 6) is -2.45. The third-order valence-corrected chi connectivity index (χ3v) is 5.54. The van der Waals surface area contributed by atoms with Crippen molar-refractivity contribution in [1.82, 2.24) is 10.3 Å². The minimum Gasteiger partial charge on any atom is -0.481 e. The number of carbonyl (C=O) groups is 2. The van der Waals surface area contributed by atoms with E-state index in [9.17, 15) is 19.1 Å². The molecule has 9 nitrogen and oxygen atoms in total. The van der Waals surface area contributed by atoms with E-state index in [0.29, 0.717) is 21.8 Å². The van der Waals surface area contributed by atoms with Crippen molar-refractivity contribution >= 4 is 23.5 Å². The second kappa shape index (κ2) is 11.5. The topological polar surface area (TPSA) is 141 Å². The van der Waals surface area contributed by atoms with Gasteiger partial charge in [0, 0.05) is 21.5 Å². The minimum absolute atomic E-state index is 0.0558. The molecule has 1 amide bonds. The van der Waals surface area contributed by atoms with Crippen molar-refractivity contribution in [2.75, 3.05) is 0 Å². The number of carboxylic acid groups (broad SMARTS) is 1. The number of hydrogen-bond donors (Lipinski definition) is 2. The highest BCUT2D eigenvalue weighted by Gasteiger charge is 2.25. The molecule has 1 heterocycles. The van der Waals surface area contributed by atoms with Gasteiger partial charge in [-0.25, -0.2) is 9.37 Å². The number of halogens is 2. The quantitative estimate of drug-likeness (QED) is 0.207. The van der Waals surface area contributed by atoms with E-state index in [4.69, 9.17) is 21.5 Å². The molecule has 3 rings (SSSR count). The number of carboxylic acids is 1. The van der Waals surface area contributed by atoms with Crippen molar-refractivity contribution in [3.63, 3.8) is 0 Å². The van der Waals surface area contributed by atoms with Gasteiger partial charge in [0.2, 0.25) is 0 Å². The highest BCUT2D eigenvalue weighted by atomic mass is 35.5. The lowest BCUT2D eigenvalue weighted by Gasteiger charge is -2.20. The average Bonchev–Trinajstić information content (AvgIpc) is 3.32. The van der Waals surface area contributed by atoms with Gasteiger partial charge in [0.05, 0.1) is 5.69 Å². The van der Waals surface area contributed by atoms with Gasteiger partial charge in [-0.2, -0.15) is 0 Å². The summed E-state index contributed by atoms with van der Waals surface area (Å²) in [5, 5.41) is 15.8. The highest BCUT2D eigenvalue weighted by molar-refractivity contribution is 6.30. The van der Waals surface area contributed by atoms with E-state index in [1.165, 1.54) is 24.5 Å². The van der Waals surface area contributed by atoms with Gasteiger partial charge in [-0.3, -0.25) is 9.59 Å². The molecule has 0 spiro atoms. The molecule has 2 atom stereocenters. The monoisotopic (exact) mass is 499 g/mol. The summed E-state index contributed by atoms with van der Waals surface area (Å²) in [5.41, 5.74) is 11.0. The molecule has 2 N–H and O–H groups in total. The fourth-order valence-corrected chi connectivity index (χ4v) is 3.62. The van der Waals surface area contributed by atoms with Crippen molar-refractivity contribution in [3.8, 4) is 11.1 Å². The summed E-state index contributed by atoms with van der Waals surface area (Å²) < 4.78 is 19.5. The van der Waals surface area contributed by atoms with Gasteiger partial charge in [-0.1, -0.05) is 54.8 Å². The molecule has 11 heteroatoms. The summed E-state index contributed by atoms with van der Waals surface area (Å²) in [7, 11) is 0. The smallest absolute Gasteiger partial charge is 0.312 e. The van der Waals surface area contributed by atoms with Crippen LogP contribution in [-0.2, 0) is 11.2 Å². The molecule has 3 aromatic rings. The first-order valence-electron chi connectivity index (χ1n) is 10.8. The summed E-state index contributed by atoms with van der Waals surface area (Å²) in [4.78, 5) is 31.0. The SMILES string of the molecule is CC(C)c1coc(C(=O)N[C@H](Cc2ccc(-c3cc(Cl)ccc3F)cc2)C[C@@H](N=[N+]=[N-])C(=O)O)n1. The molecule has 0 aliphatic carbocycles. The zero-order chi connectivity index (χ0) is 25.5. The van der Waals surface area contributed by atoms with Crippen molar-refractivity contribution in [2.45, 2.75) is 44.7 Å². The van der Waals surface area contributed by atoms with Crippen molar-refractivity contribution < 1.29 is 23.5 Å². The van der Waals surface area contributed by atoms with Crippen LogP contribution >= 0.6 is 11.6 Å². The fraction of sp³-hybridized carbons (Fsp3) is 0.292. The van der Waals surface area contributed by atoms with Gasteiger partial charge in [0.1, 0.15) is 18.1 Å². The fourth-order valence-electron chi connectivity index (χ4n) is 3.45. The van der Waals surface area contributed by atoms with Crippen LogP contribution in [0.25, 0.3) is 21.6 Å². The summed E-state index contributed by atoms with van der Waals surface area (Å²) in [6, 6.07) is 9.03. The van der Waals surface area contributed by atoms with E-state index in [2.05, 4.69) is 20.3 Å². The maximum absolute atomic E-state index is 14.2. The number of amides is 1. The summed E-state index contributed by atoms with van der Waals surface area (Å²) in [6.07, 6.45) is 1.45. The van der Waals surface area contributed by atoms with E-state index >= 15 is 0 Å². The van der Waals surface area contributed by atoms with Crippen molar-refractivity contribution in [1.29, 1.82) is 0 Å². The Kier molecular flexibility index (Phi) is 8.46. The van der Waals surface area contributed by atoms with Crippen LogP contribution in [0.5, 0.6) is 0 Å². The minimum atomic E-state index is -1.39. The van der Waals surface area contributed by atoms with Crippen LogP contribution in [0.15, 0.2) is 58.3 Å². The average molecular weight is 500 g/mol. The van der Waals surface area contributed by atoms with Crippen LogP contribution in [0.1, 0.15) is 48.1 Å². The van der Waals surface area contributed by atoms with Gasteiger partial charge in [-0.15, -0.1) is 0 Å². The second-order valence-electron chi connectivity index (χ2n) is 8.22. The standard InChI is InChI=1S/C24H23ClFN5O4/c1-13(2)21-12-35-23(29-21)22(32)28-17(11-20(24(33)34)30-31-27)9-14-3-5-15(6-4-14)18-10-16(25)7-8-19(18)26/h3-8,10,12-13,17,20H,9,11H2,1-2H3,(H,28,32)(H,33,34)/t17-,20-/m1/s1. The van der Waals surface area contributed by atoms with Crippen LogP contribution in [0.3, 0.4) is 0 Å². The molecule has 0 bridgehead atoms. The number of nitrogens with one attached hydrogen (secondary N) is 1. The normalized spacial score (nSPS) is 12.6. The maximum Gasteiger partial charge on any atom is 0.312 e. The first-order chi connectivity index (χ1) is 16.7. The van der Waals surface area contributed by atoms with Crippen LogP contribution in [-0.4, -0.2) is 34.1 Å². The third kappa shape index (κ3) is 6.81. The molecule has 1 aromatic heterocycles. The lowest BCUT2D eigenvalue weighted by molar-refractivity contribution is -0.138. The second-order valence-corrected chi connectivity index (χ2v) is 8.66. The lowest BCUT2D eigenvalue weighted by Crippen LogP contribution is -2.40. The number of carbonyl (C=O) groups excluding carboxylic acids is 1. The third-order valence-electron chi connectivity index (χ3n) is 5.30. The zero-order valence-electron chi connectivity index (χ0n) is 19.0. The number of oxazole rings is 1. The van der Waals surface area contributed by atoms with Gasteiger partial charge >= 0.3 is 11.9 Å². The highest BCUT2D eigenvalue weighted by Crippen LogP contribution is 2.27. The number of hydrogen-bond acceptors (Lipinski definition) is 5. The summed E-state index contributed by atoms with van der Waals surface area (Å²) in [6.45, 7) is 3.80. The molecule has 0 saturated heterocycles. The predicted octanol–water partition coefficient (Wildman–Crippen LogP) is 5.75. The van der Waals surface area contributed by atoms with Crippen LogP contribution < -0.4 is 5.32 Å². The zero-order valence-corrected chi connectivity index (χ0v) is 19.7. The van der Waals surface area contributed by atoms with Gasteiger partial charge in [-0.05, 0) is 53.6 Å². The van der Waals surface area contributed by atoms with E-state index in [1.807, 2.05) is 13.8 Å². The molecule has 0 unspecified atom stereocenters. The van der Waals surface area contributed by atoms with Gasteiger partial charge in [0.15, 0.2) is 0 Å². The van der Waals surface area contributed by atoms with Crippen molar-refractivity contribution in [3.05, 3.63) is 87.2 Å². The van der Waals surface area contributed by atoms with Crippen molar-refractivity contribution in [2.24, 2.45) is 5.11 Å². The Labute approximate surface area is 205 Å². The number of rotatable bonds is 10. The Morgan fingerprint density at radius 3 is 2.57 bits per heavy atom. The number of azide groups is 1. The van der Waals surface area contributed by atoms with E-state index in [0.717, 1.165) is 5.56 Å². The predicted molar refractivity (Wildman–Crippen MR) is 128 cm³/mol. The molecule has 0 radical (unpaired) electrons. The summed E-state index contributed by atoms with van der Waals surface area (Å²) >= 11 is 5.98. The van der Waals surface area contributed by atoms with E-state index in [-0.39, 0.29) is 24.7 Å². The number of aromatic nitrogens is 1. The van der Waals surface area contributed by atoms with Gasteiger partial charge in [0.25, 0.3) is 5.89 Å². The Morgan fingerprint density at radius 1 is 1.26 bits per heavy atom. The largest absolute Gasteiger partial charge is 0.481 e. The van der Waals surface area contributed by atoms with Crippen LogP contribution in [0.4, 0.5) is 4.39 Å². The molecular formula is C24H23ClFN5O4. The first kappa shape index (κ1) is 25.7. The van der Waals surface area contributed by atoms with E-state index < -0.39 is 29.8 Å². The molecule has 182 valence electrons. The Bertz CT molecular complexity index is 1250. The van der Waals surface area contributed by atoms with Crippen LogP contribution in [0.2, 0.25) is 5.02 Å². The number of benzene rings is 2. The molecule has 0 fully saturated rings.